The monoisotopic (exact) mass is 328 g/mol. The molecule has 1 aromatic carbocycles. The Morgan fingerprint density at radius 1 is 1.04 bits per heavy atom. The van der Waals surface area contributed by atoms with Crippen LogP contribution in [0.15, 0.2) is 24.3 Å². The number of nitrogens with zero attached hydrogens (tertiary/aromatic N) is 2. The molecule has 3 nitrogen and oxygen atoms in total. The first kappa shape index (κ1) is 16.4. The van der Waals surface area contributed by atoms with Gasteiger partial charge in [0.1, 0.15) is 5.75 Å². The summed E-state index contributed by atoms with van der Waals surface area (Å²) in [4.78, 5) is 5.56. The topological polar surface area (TPSA) is 15.7 Å². The van der Waals surface area contributed by atoms with Gasteiger partial charge in [0.25, 0.3) is 0 Å². The SMILES string of the molecule is COc1ccc(CN2CN(CC3CCC3)C3(CCCCC3)C2)cc1. The molecule has 1 heterocycles. The summed E-state index contributed by atoms with van der Waals surface area (Å²) in [6.45, 7) is 4.86. The molecule has 132 valence electrons. The van der Waals surface area contributed by atoms with Gasteiger partial charge in [-0.25, -0.2) is 0 Å². The van der Waals surface area contributed by atoms with Crippen LogP contribution < -0.4 is 4.74 Å². The second-order valence-corrected chi connectivity index (χ2v) is 8.28. The highest BCUT2D eigenvalue weighted by molar-refractivity contribution is 5.27. The van der Waals surface area contributed by atoms with E-state index in [-0.39, 0.29) is 0 Å². The Morgan fingerprint density at radius 2 is 1.79 bits per heavy atom. The predicted molar refractivity (Wildman–Crippen MR) is 98.1 cm³/mol. The minimum atomic E-state index is 0.486. The van der Waals surface area contributed by atoms with E-state index in [1.54, 1.807) is 7.11 Å². The Bertz CT molecular complexity index is 531. The van der Waals surface area contributed by atoms with E-state index in [1.807, 2.05) is 0 Å². The first-order valence-corrected chi connectivity index (χ1v) is 9.88. The molecule has 1 saturated heterocycles. The van der Waals surface area contributed by atoms with Crippen molar-refractivity contribution in [1.82, 2.24) is 9.80 Å². The van der Waals surface area contributed by atoms with Crippen LogP contribution in [0.25, 0.3) is 0 Å². The standard InChI is InChI=1S/C21H32N2O/c1-24-20-10-8-19(9-11-20)14-22-16-21(12-3-2-4-13-21)23(17-22)15-18-6-5-7-18/h8-11,18H,2-7,12-17H2,1H3. The van der Waals surface area contributed by atoms with E-state index in [9.17, 15) is 0 Å². The normalized spacial score (nSPS) is 25.0. The molecule has 0 bridgehead atoms. The van der Waals surface area contributed by atoms with Gasteiger partial charge in [0, 0.05) is 25.2 Å². The summed E-state index contributed by atoms with van der Waals surface area (Å²) in [6.07, 6.45) is 11.5. The van der Waals surface area contributed by atoms with Crippen molar-refractivity contribution in [2.75, 3.05) is 26.9 Å². The fourth-order valence-corrected chi connectivity index (χ4v) is 4.98. The van der Waals surface area contributed by atoms with E-state index in [0.717, 1.165) is 18.2 Å². The smallest absolute Gasteiger partial charge is 0.118 e. The van der Waals surface area contributed by atoms with Crippen molar-refractivity contribution in [1.29, 1.82) is 0 Å². The van der Waals surface area contributed by atoms with Gasteiger partial charge in [0.2, 0.25) is 0 Å². The maximum Gasteiger partial charge on any atom is 0.118 e. The molecule has 3 aliphatic rings. The van der Waals surface area contributed by atoms with Crippen LogP contribution in [-0.2, 0) is 6.54 Å². The number of methoxy groups -OCH3 is 1. The lowest BCUT2D eigenvalue weighted by molar-refractivity contribution is 0.0671. The van der Waals surface area contributed by atoms with Crippen molar-refractivity contribution in [3.05, 3.63) is 29.8 Å². The average Bonchev–Trinajstić information content (AvgIpc) is 2.89. The van der Waals surface area contributed by atoms with Crippen LogP contribution in [0.1, 0.15) is 56.9 Å². The Labute approximate surface area is 147 Å². The number of rotatable bonds is 5. The van der Waals surface area contributed by atoms with Crippen molar-refractivity contribution in [2.45, 2.75) is 63.5 Å². The van der Waals surface area contributed by atoms with E-state index in [1.165, 1.54) is 76.7 Å². The van der Waals surface area contributed by atoms with Crippen molar-refractivity contribution in [3.63, 3.8) is 0 Å². The largest absolute Gasteiger partial charge is 0.497 e. The van der Waals surface area contributed by atoms with Gasteiger partial charge in [0.15, 0.2) is 0 Å². The predicted octanol–water partition coefficient (Wildman–Crippen LogP) is 4.27. The molecule has 0 unspecified atom stereocenters. The molecule has 3 fully saturated rings. The second kappa shape index (κ2) is 7.05. The minimum absolute atomic E-state index is 0.486. The lowest BCUT2D eigenvalue weighted by atomic mass is 9.79. The molecule has 0 N–H and O–H groups in total. The van der Waals surface area contributed by atoms with Gasteiger partial charge in [0.05, 0.1) is 13.8 Å². The van der Waals surface area contributed by atoms with Crippen LogP contribution in [-0.4, -0.2) is 42.2 Å². The van der Waals surface area contributed by atoms with Gasteiger partial charge in [-0.2, -0.15) is 0 Å². The van der Waals surface area contributed by atoms with Crippen LogP contribution in [0.2, 0.25) is 0 Å². The molecule has 2 aliphatic carbocycles. The molecule has 0 aromatic heterocycles. The Morgan fingerprint density at radius 3 is 2.42 bits per heavy atom. The van der Waals surface area contributed by atoms with E-state index < -0.39 is 0 Å². The quantitative estimate of drug-likeness (QED) is 0.802. The lowest BCUT2D eigenvalue weighted by Gasteiger charge is -2.43. The zero-order chi connectivity index (χ0) is 16.4. The highest BCUT2D eigenvalue weighted by Gasteiger charge is 2.45. The summed E-state index contributed by atoms with van der Waals surface area (Å²) < 4.78 is 5.29. The van der Waals surface area contributed by atoms with Crippen LogP contribution in [0, 0.1) is 5.92 Å². The number of hydrogen-bond donors (Lipinski definition) is 0. The van der Waals surface area contributed by atoms with Crippen LogP contribution in [0.5, 0.6) is 5.75 Å². The highest BCUT2D eigenvalue weighted by atomic mass is 16.5. The van der Waals surface area contributed by atoms with Gasteiger partial charge in [-0.05, 0) is 49.3 Å². The number of benzene rings is 1. The molecule has 4 rings (SSSR count). The molecule has 3 heteroatoms. The first-order valence-electron chi connectivity index (χ1n) is 9.88. The lowest BCUT2D eigenvalue weighted by Crippen LogP contribution is -2.49. The van der Waals surface area contributed by atoms with Gasteiger partial charge in [-0.3, -0.25) is 9.80 Å². The highest BCUT2D eigenvalue weighted by Crippen LogP contribution is 2.41. The third kappa shape index (κ3) is 3.34. The third-order valence-corrected chi connectivity index (χ3v) is 6.61. The van der Waals surface area contributed by atoms with Gasteiger partial charge < -0.3 is 4.74 Å². The Hall–Kier alpha value is -1.06. The molecule has 1 aliphatic heterocycles. The van der Waals surface area contributed by atoms with Crippen LogP contribution in [0.3, 0.4) is 0 Å². The molecular weight excluding hydrogens is 296 g/mol. The first-order chi connectivity index (χ1) is 11.8. The molecule has 0 radical (unpaired) electrons. The van der Waals surface area contributed by atoms with Crippen molar-refractivity contribution < 1.29 is 4.74 Å². The molecule has 2 saturated carbocycles. The van der Waals surface area contributed by atoms with Crippen molar-refractivity contribution in [3.8, 4) is 5.75 Å². The van der Waals surface area contributed by atoms with E-state index in [0.29, 0.717) is 5.54 Å². The molecule has 1 spiro atoms. The zero-order valence-corrected chi connectivity index (χ0v) is 15.2. The summed E-state index contributed by atoms with van der Waals surface area (Å²) in [5.41, 5.74) is 1.90. The maximum absolute atomic E-state index is 5.29. The third-order valence-electron chi connectivity index (χ3n) is 6.61. The van der Waals surface area contributed by atoms with Crippen molar-refractivity contribution >= 4 is 0 Å². The molecule has 0 atom stereocenters. The number of hydrogen-bond acceptors (Lipinski definition) is 3. The van der Waals surface area contributed by atoms with Gasteiger partial charge in [-0.15, -0.1) is 0 Å². The van der Waals surface area contributed by atoms with Gasteiger partial charge in [-0.1, -0.05) is 37.8 Å². The van der Waals surface area contributed by atoms with E-state index in [4.69, 9.17) is 4.74 Å². The van der Waals surface area contributed by atoms with Crippen molar-refractivity contribution in [2.24, 2.45) is 5.92 Å². The van der Waals surface area contributed by atoms with Crippen LogP contribution >= 0.6 is 0 Å². The Kier molecular flexibility index (Phi) is 4.82. The molecule has 0 amide bonds. The van der Waals surface area contributed by atoms with E-state index >= 15 is 0 Å². The summed E-state index contributed by atoms with van der Waals surface area (Å²) in [5.74, 6) is 1.93. The summed E-state index contributed by atoms with van der Waals surface area (Å²) in [7, 11) is 1.74. The molecular formula is C21H32N2O. The number of ether oxygens (including phenoxy) is 1. The zero-order valence-electron chi connectivity index (χ0n) is 15.2. The summed E-state index contributed by atoms with van der Waals surface area (Å²) in [5, 5.41) is 0. The second-order valence-electron chi connectivity index (χ2n) is 8.28. The molecule has 24 heavy (non-hydrogen) atoms. The van der Waals surface area contributed by atoms with Crippen LogP contribution in [0.4, 0.5) is 0 Å². The summed E-state index contributed by atoms with van der Waals surface area (Å²) in [6, 6.07) is 8.63. The van der Waals surface area contributed by atoms with Gasteiger partial charge >= 0.3 is 0 Å². The fourth-order valence-electron chi connectivity index (χ4n) is 4.98. The summed E-state index contributed by atoms with van der Waals surface area (Å²) >= 11 is 0. The minimum Gasteiger partial charge on any atom is -0.497 e. The maximum atomic E-state index is 5.29. The molecule has 1 aromatic rings. The van der Waals surface area contributed by atoms with E-state index in [2.05, 4.69) is 34.1 Å². The fraction of sp³-hybridized carbons (Fsp3) is 0.714. The average molecular weight is 329 g/mol. The Balaban J connectivity index is 1.43.